The molecule has 0 N–H and O–H groups in total. The van der Waals surface area contributed by atoms with E-state index in [0.29, 0.717) is 5.71 Å². The van der Waals surface area contributed by atoms with Gasteiger partial charge >= 0.3 is 0 Å². The number of hydrogen-bond acceptors (Lipinski definition) is 4. The van der Waals surface area contributed by atoms with Gasteiger partial charge in [-0.15, -0.1) is 54.1 Å². The van der Waals surface area contributed by atoms with Crippen LogP contribution in [0.4, 0.5) is 0 Å². The quantitative estimate of drug-likeness (QED) is 0.124. The Kier molecular flexibility index (Phi) is 10.1. The van der Waals surface area contributed by atoms with Crippen LogP contribution in [0.1, 0.15) is 43.9 Å². The molecule has 0 saturated heterocycles. The van der Waals surface area contributed by atoms with Crippen molar-refractivity contribution in [3.8, 4) is 22.6 Å². The van der Waals surface area contributed by atoms with Gasteiger partial charge in [0.2, 0.25) is 5.71 Å². The number of imidazole rings is 1. The fourth-order valence-corrected chi connectivity index (χ4v) is 8.62. The number of aromatic nitrogens is 4. The molecule has 8 rings (SSSR count). The van der Waals surface area contributed by atoms with E-state index >= 15 is 0 Å². The maximum Gasteiger partial charge on any atom is 0.216 e. The fraction of sp³-hybridized carbons (Fsp3) is 0.293. The third kappa shape index (κ3) is 6.82. The molecule has 1 saturated carbocycles. The molecule has 0 unspecified atom stereocenters. The zero-order valence-corrected chi connectivity index (χ0v) is 31.8. The van der Waals surface area contributed by atoms with E-state index in [4.69, 9.17) is 14.4 Å². The summed E-state index contributed by atoms with van der Waals surface area (Å²) in [6, 6.07) is 33.4. The minimum atomic E-state index is -1.35. The van der Waals surface area contributed by atoms with Gasteiger partial charge < -0.3 is 14.0 Å². The van der Waals surface area contributed by atoms with E-state index in [2.05, 4.69) is 84.8 Å². The summed E-state index contributed by atoms with van der Waals surface area (Å²) in [4.78, 5) is 14.1. The monoisotopic (exact) mass is 827 g/mol. The number of aryl methyl sites for hydroxylation is 2. The van der Waals surface area contributed by atoms with Gasteiger partial charge in [-0.2, -0.15) is 0 Å². The maximum atomic E-state index is 6.12. The van der Waals surface area contributed by atoms with Crippen LogP contribution in [0, 0.1) is 25.0 Å². The van der Waals surface area contributed by atoms with E-state index in [-0.39, 0.29) is 20.1 Å². The summed E-state index contributed by atoms with van der Waals surface area (Å²) in [5.74, 6) is 1.76. The van der Waals surface area contributed by atoms with Crippen LogP contribution in [0.25, 0.3) is 55.7 Å². The fourth-order valence-electron chi connectivity index (χ4n) is 7.03. The van der Waals surface area contributed by atoms with E-state index in [1.165, 1.54) is 32.1 Å². The summed E-state index contributed by atoms with van der Waals surface area (Å²) in [6.07, 6.45) is 9.03. The summed E-state index contributed by atoms with van der Waals surface area (Å²) < 4.78 is 8.32. The Morgan fingerprint density at radius 3 is 2.44 bits per heavy atom. The van der Waals surface area contributed by atoms with Crippen molar-refractivity contribution in [3.05, 3.63) is 108 Å². The van der Waals surface area contributed by atoms with Gasteiger partial charge in [0, 0.05) is 43.9 Å². The normalized spacial score (nSPS) is 13.5. The molecule has 4 heterocycles. The zero-order chi connectivity index (χ0) is 32.5. The van der Waals surface area contributed by atoms with E-state index in [9.17, 15) is 0 Å². The first-order chi connectivity index (χ1) is 22.8. The summed E-state index contributed by atoms with van der Waals surface area (Å²) in [6.45, 7) is 12.2. The number of pyridine rings is 2. The summed E-state index contributed by atoms with van der Waals surface area (Å²) >= 11 is 0. The van der Waals surface area contributed by atoms with E-state index in [1.807, 2.05) is 55.5 Å². The molecule has 1 aliphatic rings. The second kappa shape index (κ2) is 14.3. The first-order valence-electron chi connectivity index (χ1n) is 16.9. The molecule has 3 aromatic carbocycles. The Labute approximate surface area is 298 Å². The smallest absolute Gasteiger partial charge is 0.216 e. The number of benzene rings is 3. The van der Waals surface area contributed by atoms with Crippen LogP contribution >= 0.6 is 0 Å². The molecule has 1 radical (unpaired) electrons. The number of furan rings is 1. The minimum Gasteiger partial charge on any atom is -0.486 e. The van der Waals surface area contributed by atoms with Crippen LogP contribution in [0.5, 0.6) is 0 Å². The molecule has 0 amide bonds. The van der Waals surface area contributed by atoms with Crippen molar-refractivity contribution in [2.24, 2.45) is 5.92 Å². The average molecular weight is 827 g/mol. The van der Waals surface area contributed by atoms with Crippen molar-refractivity contribution in [1.82, 2.24) is 19.5 Å². The van der Waals surface area contributed by atoms with E-state index < -0.39 is 8.07 Å². The Hall–Kier alpha value is -3.90. The Balaban J connectivity index is 0.000000165. The van der Waals surface area contributed by atoms with Crippen molar-refractivity contribution in [2.75, 3.05) is 0 Å². The third-order valence-electron chi connectivity index (χ3n) is 9.40. The second-order valence-electron chi connectivity index (χ2n) is 13.8. The number of nitrogens with zero attached hydrogens (tertiary/aromatic N) is 4. The number of fused-ring (bicyclic) bond motifs is 4. The van der Waals surface area contributed by atoms with Crippen LogP contribution in [0.3, 0.4) is 0 Å². The molecule has 7 aromatic rings. The van der Waals surface area contributed by atoms with Crippen LogP contribution in [-0.4, -0.2) is 27.6 Å². The summed E-state index contributed by atoms with van der Waals surface area (Å²) in [7, 11) is -1.35. The molecule has 5 nitrogen and oxygen atoms in total. The molecule has 0 spiro atoms. The first kappa shape index (κ1) is 34.0. The zero-order valence-electron chi connectivity index (χ0n) is 28.4. The van der Waals surface area contributed by atoms with Gasteiger partial charge in [0.25, 0.3) is 0 Å². The van der Waals surface area contributed by atoms with Gasteiger partial charge in [-0.25, -0.2) is 4.98 Å². The molecule has 48 heavy (non-hydrogen) atoms. The number of rotatable bonds is 6. The predicted molar refractivity (Wildman–Crippen MR) is 197 cm³/mol. The van der Waals surface area contributed by atoms with Gasteiger partial charge in [0.15, 0.2) is 0 Å². The summed E-state index contributed by atoms with van der Waals surface area (Å²) in [5.41, 5.74) is 9.12. The van der Waals surface area contributed by atoms with Crippen LogP contribution < -0.4 is 5.19 Å². The number of hydrogen-bond donors (Lipinski definition) is 0. The van der Waals surface area contributed by atoms with Gasteiger partial charge in [0.1, 0.15) is 0 Å². The molecule has 4 aromatic heterocycles. The molecular formula is C41H42IrN4OSi-2. The average Bonchev–Trinajstić information content (AvgIpc) is 3.82. The van der Waals surface area contributed by atoms with Crippen molar-refractivity contribution in [3.63, 3.8) is 0 Å². The molecule has 0 bridgehead atoms. The van der Waals surface area contributed by atoms with Crippen LogP contribution in [0.15, 0.2) is 89.5 Å². The molecule has 247 valence electrons. The molecule has 0 atom stereocenters. The molecule has 7 heteroatoms. The Bertz CT molecular complexity index is 2170. The van der Waals surface area contributed by atoms with Gasteiger partial charge in [-0.3, -0.25) is 4.98 Å². The second-order valence-corrected chi connectivity index (χ2v) is 18.8. The predicted octanol–water partition coefficient (Wildman–Crippen LogP) is 9.95. The Morgan fingerprint density at radius 1 is 0.896 bits per heavy atom. The molecule has 0 aliphatic heterocycles. The number of para-hydroxylation sites is 2. The van der Waals surface area contributed by atoms with Gasteiger partial charge in [-0.1, -0.05) is 80.0 Å². The van der Waals surface area contributed by atoms with Crippen molar-refractivity contribution < 1.29 is 24.5 Å². The van der Waals surface area contributed by atoms with Crippen LogP contribution in [0.2, 0.25) is 19.6 Å². The van der Waals surface area contributed by atoms with Gasteiger partial charge in [-0.05, 0) is 61.3 Å². The van der Waals surface area contributed by atoms with E-state index in [1.54, 1.807) is 10.8 Å². The SMILES string of the molecule is CCn1c(-c2[c-]ccc3c2oc2nc(C)ccc23)nc2ccccc21.C[Si](C)(C)c1cnc(-c2[c-]cccc2)cc1CC1CCCC1.[Ir]. The van der Waals surface area contributed by atoms with Crippen LogP contribution in [-0.2, 0) is 33.1 Å². The largest absolute Gasteiger partial charge is 0.486 e. The summed E-state index contributed by atoms with van der Waals surface area (Å²) in [5, 5.41) is 3.61. The van der Waals surface area contributed by atoms with E-state index in [0.717, 1.165) is 68.2 Å². The maximum absolute atomic E-state index is 6.12. The first-order valence-corrected chi connectivity index (χ1v) is 20.4. The topological polar surface area (TPSA) is 56.7 Å². The van der Waals surface area contributed by atoms with Crippen molar-refractivity contribution >= 4 is 46.4 Å². The Morgan fingerprint density at radius 2 is 1.69 bits per heavy atom. The molecule has 1 fully saturated rings. The third-order valence-corrected chi connectivity index (χ3v) is 11.5. The standard InChI is InChI=1S/C21H16N3O.C20H26NSi.Ir/c1-3-24-18-10-5-4-9-17(18)23-20(24)16-8-6-7-14-15-12-11-13(2)22-21(15)25-19(14)16;1-22(2,3)20-15-21-19(17-11-5-4-6-12-17)14-18(20)13-16-9-7-8-10-16;/h4-7,9-12H,3H2,1-2H3;4-6,11,14-16H,7-10,13H2,1-3H3;/q2*-1;. The van der Waals surface area contributed by atoms with Crippen molar-refractivity contribution in [2.45, 2.75) is 72.1 Å². The van der Waals surface area contributed by atoms with Gasteiger partial charge in [0.05, 0.1) is 30.5 Å². The minimum absolute atomic E-state index is 0. The van der Waals surface area contributed by atoms with Crippen molar-refractivity contribution in [1.29, 1.82) is 0 Å². The molecule has 1 aliphatic carbocycles. The molecular weight excluding hydrogens is 785 g/mol.